The van der Waals surface area contributed by atoms with Gasteiger partial charge in [-0.15, -0.1) is 0 Å². The van der Waals surface area contributed by atoms with Crippen molar-refractivity contribution in [2.45, 2.75) is 58.8 Å². The van der Waals surface area contributed by atoms with Gasteiger partial charge in [-0.05, 0) is 26.1 Å². The number of fused-ring (bicyclic) bond motifs is 1. The molecule has 0 fully saturated rings. The molecule has 2 nitrogen and oxygen atoms in total. The largest absolute Gasteiger partial charge is 0.520 e. The van der Waals surface area contributed by atoms with Crippen LogP contribution in [0.25, 0.3) is 0 Å². The fourth-order valence-electron chi connectivity index (χ4n) is 2.99. The van der Waals surface area contributed by atoms with Crippen molar-refractivity contribution >= 4 is 22.1 Å². The molecule has 0 unspecified atom stereocenters. The minimum atomic E-state index is -2.18. The molecule has 1 aliphatic heterocycles. The second-order valence-corrected chi connectivity index (χ2v) is 15.1. The van der Waals surface area contributed by atoms with Crippen molar-refractivity contribution < 1.29 is 8.54 Å². The zero-order valence-electron chi connectivity index (χ0n) is 13.2. The highest BCUT2D eigenvalue weighted by Gasteiger charge is 2.54. The van der Waals surface area contributed by atoms with E-state index in [9.17, 15) is 0 Å². The van der Waals surface area contributed by atoms with Crippen molar-refractivity contribution in [3.63, 3.8) is 0 Å². The highest BCUT2D eigenvalue weighted by molar-refractivity contribution is 6.94. The van der Waals surface area contributed by atoms with Gasteiger partial charge in [-0.3, -0.25) is 0 Å². The summed E-state index contributed by atoms with van der Waals surface area (Å²) in [5.41, 5.74) is 2.22. The maximum Gasteiger partial charge on any atom is 0.394 e. The first-order valence-corrected chi connectivity index (χ1v) is 12.1. The molecule has 1 aromatic carbocycles. The van der Waals surface area contributed by atoms with Gasteiger partial charge in [-0.2, -0.15) is 0 Å². The third kappa shape index (κ3) is 2.41. The molecule has 19 heavy (non-hydrogen) atoms. The third-order valence-electron chi connectivity index (χ3n) is 4.08. The molecule has 2 rings (SSSR count). The van der Waals surface area contributed by atoms with Gasteiger partial charge in [0.1, 0.15) is 5.75 Å². The quantitative estimate of drug-likeness (QED) is 0.765. The summed E-state index contributed by atoms with van der Waals surface area (Å²) in [5.74, 6) is 1.09. The predicted molar refractivity (Wildman–Crippen MR) is 86.0 cm³/mol. The molecule has 0 amide bonds. The Morgan fingerprint density at radius 3 is 2.11 bits per heavy atom. The van der Waals surface area contributed by atoms with Gasteiger partial charge in [-0.25, -0.2) is 0 Å². The first-order valence-electron chi connectivity index (χ1n) is 7.19. The predicted octanol–water partition coefficient (Wildman–Crippen LogP) is 4.08. The molecule has 1 aliphatic rings. The van der Waals surface area contributed by atoms with E-state index < -0.39 is 16.9 Å². The molecule has 106 valence electrons. The number of benzene rings is 1. The van der Waals surface area contributed by atoms with Gasteiger partial charge in [0.25, 0.3) is 0 Å². The van der Waals surface area contributed by atoms with E-state index in [1.54, 1.807) is 0 Å². The van der Waals surface area contributed by atoms with Crippen molar-refractivity contribution in [2.75, 3.05) is 0 Å². The summed E-state index contributed by atoms with van der Waals surface area (Å²) < 4.78 is 13.2. The molecule has 0 radical (unpaired) electrons. The first-order chi connectivity index (χ1) is 8.69. The van der Waals surface area contributed by atoms with Crippen LogP contribution in [-0.2, 0) is 4.12 Å². The zero-order chi connectivity index (χ0) is 14.4. The molecule has 0 N–H and O–H groups in total. The van der Waals surface area contributed by atoms with Gasteiger partial charge in [0, 0.05) is 16.3 Å². The van der Waals surface area contributed by atoms with E-state index in [1.165, 1.54) is 10.8 Å². The van der Waals surface area contributed by atoms with E-state index in [4.69, 9.17) is 8.54 Å². The molecule has 0 aromatic heterocycles. The summed E-state index contributed by atoms with van der Waals surface area (Å²) in [7, 11) is -4.05. The van der Waals surface area contributed by atoms with Crippen LogP contribution >= 0.6 is 0 Å². The Balaban J connectivity index is 2.56. The summed E-state index contributed by atoms with van der Waals surface area (Å²) in [4.78, 5) is 0. The van der Waals surface area contributed by atoms with Crippen LogP contribution in [0, 0.1) is 6.92 Å². The first kappa shape index (κ1) is 14.8. The van der Waals surface area contributed by atoms with Crippen LogP contribution in [0.15, 0.2) is 18.2 Å². The maximum absolute atomic E-state index is 6.72. The Labute approximate surface area is 119 Å². The number of aryl methyl sites for hydroxylation is 1. The lowest BCUT2D eigenvalue weighted by Crippen LogP contribution is -2.65. The van der Waals surface area contributed by atoms with Crippen LogP contribution < -0.4 is 9.61 Å². The fraction of sp³-hybridized carbons (Fsp3) is 0.600. The van der Waals surface area contributed by atoms with E-state index in [0.29, 0.717) is 11.1 Å². The monoisotopic (exact) mass is 294 g/mol. The zero-order valence-corrected chi connectivity index (χ0v) is 15.2. The molecule has 0 atom stereocenters. The average molecular weight is 295 g/mol. The van der Waals surface area contributed by atoms with Crippen LogP contribution in [0.2, 0.25) is 24.2 Å². The van der Waals surface area contributed by atoms with E-state index in [0.717, 1.165) is 5.75 Å². The number of hydrogen-bond donors (Lipinski definition) is 0. The molecule has 1 aromatic rings. The summed E-state index contributed by atoms with van der Waals surface area (Å²) in [6.45, 7) is 15.7. The summed E-state index contributed by atoms with van der Waals surface area (Å²) in [5, 5.41) is 1.32. The van der Waals surface area contributed by atoms with Gasteiger partial charge < -0.3 is 8.54 Å². The molecular formula is C15H26O2Si2. The summed E-state index contributed by atoms with van der Waals surface area (Å²) in [6, 6.07) is 6.55. The Hall–Kier alpha value is -0.586. The lowest BCUT2D eigenvalue weighted by atomic mass is 10.2. The minimum Gasteiger partial charge on any atom is -0.520 e. The van der Waals surface area contributed by atoms with Gasteiger partial charge in [0.2, 0.25) is 8.32 Å². The molecule has 0 aliphatic carbocycles. The normalized spacial score (nSPS) is 20.3. The fourth-order valence-corrected chi connectivity index (χ4v) is 12.4. The average Bonchev–Trinajstić information content (AvgIpc) is 2.28. The van der Waals surface area contributed by atoms with E-state index in [1.807, 2.05) is 0 Å². The lowest BCUT2D eigenvalue weighted by Gasteiger charge is -2.47. The van der Waals surface area contributed by atoms with Crippen molar-refractivity contribution in [3.8, 4) is 5.75 Å². The summed E-state index contributed by atoms with van der Waals surface area (Å²) in [6.07, 6.45) is 0. The van der Waals surface area contributed by atoms with Crippen LogP contribution in [-0.4, -0.2) is 16.9 Å². The van der Waals surface area contributed by atoms with Gasteiger partial charge in [0.15, 0.2) is 0 Å². The highest BCUT2D eigenvalue weighted by Crippen LogP contribution is 2.41. The second-order valence-electron chi connectivity index (χ2n) is 6.74. The van der Waals surface area contributed by atoms with Gasteiger partial charge in [0.05, 0.1) is 0 Å². The molecule has 0 bridgehead atoms. The Bertz CT molecular complexity index is 473. The minimum absolute atomic E-state index is 0.466. The number of hydrogen-bond acceptors (Lipinski definition) is 2. The topological polar surface area (TPSA) is 18.5 Å². The van der Waals surface area contributed by atoms with Crippen LogP contribution in [0.3, 0.4) is 0 Å². The van der Waals surface area contributed by atoms with Crippen molar-refractivity contribution in [1.82, 2.24) is 0 Å². The molecule has 0 saturated heterocycles. The van der Waals surface area contributed by atoms with Crippen molar-refractivity contribution in [1.29, 1.82) is 0 Å². The van der Waals surface area contributed by atoms with E-state index >= 15 is 0 Å². The summed E-state index contributed by atoms with van der Waals surface area (Å²) >= 11 is 0. The van der Waals surface area contributed by atoms with Crippen molar-refractivity contribution in [2.24, 2.45) is 0 Å². The highest BCUT2D eigenvalue weighted by atomic mass is 28.4. The Kier molecular flexibility index (Phi) is 3.71. The second kappa shape index (κ2) is 4.75. The maximum atomic E-state index is 6.72. The van der Waals surface area contributed by atoms with Crippen LogP contribution in [0.4, 0.5) is 0 Å². The standard InChI is InChI=1S/C15H26O2Si2/c1-11(2)19(12(3)4)16-14-9-8-13(5)10-15(14)18(6,7)17-19/h8-12H,1-7H3. The van der Waals surface area contributed by atoms with E-state index in [-0.39, 0.29) is 0 Å². The lowest BCUT2D eigenvalue weighted by molar-refractivity contribution is 0.339. The Morgan fingerprint density at radius 1 is 1.00 bits per heavy atom. The van der Waals surface area contributed by atoms with Crippen LogP contribution in [0.1, 0.15) is 33.3 Å². The van der Waals surface area contributed by atoms with Gasteiger partial charge >= 0.3 is 8.56 Å². The molecule has 0 spiro atoms. The SMILES string of the molecule is Cc1ccc2c(c1)[Si](C)(C)O[Si](C(C)C)(C(C)C)O2. The molecule has 4 heteroatoms. The molecule has 0 saturated carbocycles. The number of rotatable bonds is 2. The van der Waals surface area contributed by atoms with Gasteiger partial charge in [-0.1, -0.05) is 45.4 Å². The Morgan fingerprint density at radius 2 is 1.58 bits per heavy atom. The van der Waals surface area contributed by atoms with Crippen LogP contribution in [0.5, 0.6) is 5.75 Å². The smallest absolute Gasteiger partial charge is 0.394 e. The molecule has 1 heterocycles. The third-order valence-corrected chi connectivity index (χ3v) is 12.8. The van der Waals surface area contributed by atoms with Crippen molar-refractivity contribution in [3.05, 3.63) is 23.8 Å². The van der Waals surface area contributed by atoms with E-state index in [2.05, 4.69) is 65.9 Å². The molecular weight excluding hydrogens is 268 g/mol.